The Kier molecular flexibility index (Phi) is 6.83. The lowest BCUT2D eigenvalue weighted by Crippen LogP contribution is -2.27. The highest BCUT2D eigenvalue weighted by Crippen LogP contribution is 2.15. The summed E-state index contributed by atoms with van der Waals surface area (Å²) in [5.41, 5.74) is 0.373. The molecular formula is C13H22N2O5S. The van der Waals surface area contributed by atoms with Crippen LogP contribution in [0.4, 0.5) is 0 Å². The average molecular weight is 318 g/mol. The smallest absolute Gasteiger partial charge is 0.303 e. The van der Waals surface area contributed by atoms with E-state index in [0.29, 0.717) is 30.8 Å². The molecule has 0 spiro atoms. The van der Waals surface area contributed by atoms with Crippen molar-refractivity contribution in [3.05, 3.63) is 17.5 Å². The van der Waals surface area contributed by atoms with Crippen molar-refractivity contribution in [2.75, 3.05) is 6.54 Å². The summed E-state index contributed by atoms with van der Waals surface area (Å²) >= 11 is 0. The number of rotatable bonds is 10. The number of aromatic nitrogens is 1. The predicted octanol–water partition coefficient (Wildman–Crippen LogP) is 1.68. The van der Waals surface area contributed by atoms with Gasteiger partial charge >= 0.3 is 5.97 Å². The molecule has 0 aromatic carbocycles. The number of sulfonamides is 1. The zero-order chi connectivity index (χ0) is 15.9. The highest BCUT2D eigenvalue weighted by Gasteiger charge is 2.15. The average Bonchev–Trinajstić information content (AvgIpc) is 2.77. The maximum Gasteiger partial charge on any atom is 0.303 e. The first-order valence-corrected chi connectivity index (χ1v) is 8.59. The monoisotopic (exact) mass is 318 g/mol. The number of hydrogen-bond donors (Lipinski definition) is 2. The van der Waals surface area contributed by atoms with E-state index < -0.39 is 16.0 Å². The van der Waals surface area contributed by atoms with Crippen molar-refractivity contribution >= 4 is 16.0 Å². The van der Waals surface area contributed by atoms with Gasteiger partial charge in [0.1, 0.15) is 17.2 Å². The van der Waals surface area contributed by atoms with Crippen LogP contribution in [0, 0.1) is 12.8 Å². The largest absolute Gasteiger partial charge is 0.481 e. The third-order valence-corrected chi connectivity index (χ3v) is 4.55. The Morgan fingerprint density at radius 3 is 2.71 bits per heavy atom. The summed E-state index contributed by atoms with van der Waals surface area (Å²) in [7, 11) is -3.45. The van der Waals surface area contributed by atoms with E-state index in [1.54, 1.807) is 13.0 Å². The number of aliphatic carboxylic acids is 1. The van der Waals surface area contributed by atoms with Crippen molar-refractivity contribution in [2.45, 2.75) is 45.3 Å². The first-order chi connectivity index (χ1) is 9.82. The van der Waals surface area contributed by atoms with Crippen molar-refractivity contribution in [1.82, 2.24) is 9.88 Å². The number of carbonyl (C=O) groups is 1. The molecule has 1 rings (SSSR count). The van der Waals surface area contributed by atoms with E-state index in [4.69, 9.17) is 9.63 Å². The summed E-state index contributed by atoms with van der Waals surface area (Å²) in [5, 5.41) is 12.3. The van der Waals surface area contributed by atoms with Crippen LogP contribution in [0.3, 0.4) is 0 Å². The first-order valence-electron chi connectivity index (χ1n) is 6.93. The van der Waals surface area contributed by atoms with Crippen molar-refractivity contribution in [2.24, 2.45) is 5.92 Å². The normalized spacial score (nSPS) is 13.2. The molecule has 1 atom stereocenters. The SMILES string of the molecule is CCC(CCNS(=O)(=O)Cc1cc(C)on1)CCC(=O)O. The quantitative estimate of drug-likeness (QED) is 0.679. The van der Waals surface area contributed by atoms with Gasteiger partial charge in [-0.05, 0) is 25.7 Å². The van der Waals surface area contributed by atoms with Gasteiger partial charge in [-0.1, -0.05) is 18.5 Å². The van der Waals surface area contributed by atoms with E-state index in [1.165, 1.54) is 0 Å². The van der Waals surface area contributed by atoms with Crippen LogP contribution in [-0.2, 0) is 20.6 Å². The fourth-order valence-corrected chi connectivity index (χ4v) is 3.09. The third-order valence-electron chi connectivity index (χ3n) is 3.23. The van der Waals surface area contributed by atoms with E-state index in [0.717, 1.165) is 6.42 Å². The molecule has 120 valence electrons. The molecule has 0 aliphatic rings. The summed E-state index contributed by atoms with van der Waals surface area (Å²) in [6.45, 7) is 3.97. The van der Waals surface area contributed by atoms with Crippen LogP contribution in [0.25, 0.3) is 0 Å². The molecule has 0 radical (unpaired) electrons. The lowest BCUT2D eigenvalue weighted by molar-refractivity contribution is -0.137. The third kappa shape index (κ3) is 7.24. The van der Waals surface area contributed by atoms with Crippen molar-refractivity contribution in [1.29, 1.82) is 0 Å². The summed E-state index contributed by atoms with van der Waals surface area (Å²) in [4.78, 5) is 10.5. The van der Waals surface area contributed by atoms with Crippen LogP contribution in [0.15, 0.2) is 10.6 Å². The molecule has 0 saturated heterocycles. The molecule has 0 bridgehead atoms. The Morgan fingerprint density at radius 1 is 1.48 bits per heavy atom. The van der Waals surface area contributed by atoms with Gasteiger partial charge in [0.15, 0.2) is 0 Å². The Bertz CT molecular complexity index is 553. The second kappa shape index (κ2) is 8.14. The highest BCUT2D eigenvalue weighted by molar-refractivity contribution is 7.88. The molecule has 0 amide bonds. The highest BCUT2D eigenvalue weighted by atomic mass is 32.2. The maximum atomic E-state index is 11.9. The molecule has 0 aliphatic carbocycles. The zero-order valence-electron chi connectivity index (χ0n) is 12.3. The summed E-state index contributed by atoms with van der Waals surface area (Å²) in [6.07, 6.45) is 2.14. The fourth-order valence-electron chi connectivity index (χ4n) is 2.03. The van der Waals surface area contributed by atoms with Gasteiger partial charge in [-0.25, -0.2) is 13.1 Å². The fraction of sp³-hybridized carbons (Fsp3) is 0.692. The summed E-state index contributed by atoms with van der Waals surface area (Å²) in [5.74, 6) is -0.260. The molecule has 0 fully saturated rings. The van der Waals surface area contributed by atoms with Gasteiger partial charge in [0.2, 0.25) is 10.0 Å². The standard InChI is InChI=1S/C13H22N2O5S/c1-3-11(4-5-13(16)17)6-7-14-21(18,19)9-12-8-10(2)20-15-12/h8,11,14H,3-7,9H2,1-2H3,(H,16,17). The van der Waals surface area contributed by atoms with Crippen LogP contribution in [0.5, 0.6) is 0 Å². The van der Waals surface area contributed by atoms with Crippen molar-refractivity contribution in [3.63, 3.8) is 0 Å². The molecule has 1 unspecified atom stereocenters. The minimum Gasteiger partial charge on any atom is -0.481 e. The van der Waals surface area contributed by atoms with Gasteiger partial charge < -0.3 is 9.63 Å². The maximum absolute atomic E-state index is 11.9. The van der Waals surface area contributed by atoms with Crippen LogP contribution in [0.2, 0.25) is 0 Å². The number of carboxylic acid groups (broad SMARTS) is 1. The lowest BCUT2D eigenvalue weighted by Gasteiger charge is -2.13. The molecule has 21 heavy (non-hydrogen) atoms. The van der Waals surface area contributed by atoms with E-state index in [1.807, 2.05) is 6.92 Å². The zero-order valence-corrected chi connectivity index (χ0v) is 13.1. The Morgan fingerprint density at radius 2 is 2.19 bits per heavy atom. The Balaban J connectivity index is 2.37. The number of nitrogens with one attached hydrogen (secondary N) is 1. The molecule has 0 aliphatic heterocycles. The van der Waals surface area contributed by atoms with Crippen LogP contribution >= 0.6 is 0 Å². The van der Waals surface area contributed by atoms with Crippen molar-refractivity contribution < 1.29 is 22.8 Å². The Hall–Kier alpha value is -1.41. The van der Waals surface area contributed by atoms with Gasteiger partial charge in [0.05, 0.1) is 0 Å². The summed E-state index contributed by atoms with van der Waals surface area (Å²) < 4.78 is 31.1. The second-order valence-corrected chi connectivity index (χ2v) is 6.88. The van der Waals surface area contributed by atoms with Crippen LogP contribution in [-0.4, -0.2) is 31.2 Å². The molecule has 2 N–H and O–H groups in total. The van der Waals surface area contributed by atoms with Crippen LogP contribution in [0.1, 0.15) is 44.1 Å². The topological polar surface area (TPSA) is 110 Å². The van der Waals surface area contributed by atoms with Gasteiger partial charge in [0.25, 0.3) is 0 Å². The van der Waals surface area contributed by atoms with Crippen LogP contribution < -0.4 is 4.72 Å². The van der Waals surface area contributed by atoms with E-state index in [-0.39, 0.29) is 18.1 Å². The van der Waals surface area contributed by atoms with E-state index >= 15 is 0 Å². The molecule has 8 heteroatoms. The molecular weight excluding hydrogens is 296 g/mol. The number of hydrogen-bond acceptors (Lipinski definition) is 5. The number of carboxylic acids is 1. The van der Waals surface area contributed by atoms with Gasteiger partial charge in [-0.2, -0.15) is 0 Å². The second-order valence-electron chi connectivity index (χ2n) is 5.08. The van der Waals surface area contributed by atoms with Gasteiger partial charge in [0, 0.05) is 19.0 Å². The summed E-state index contributed by atoms with van der Waals surface area (Å²) in [6, 6.07) is 1.58. The molecule has 1 heterocycles. The number of aryl methyl sites for hydroxylation is 1. The first kappa shape index (κ1) is 17.6. The molecule has 1 aromatic rings. The lowest BCUT2D eigenvalue weighted by atomic mass is 9.97. The predicted molar refractivity (Wildman–Crippen MR) is 77.1 cm³/mol. The molecule has 0 saturated carbocycles. The Labute approximate surface area is 124 Å². The van der Waals surface area contributed by atoms with Gasteiger partial charge in [-0.15, -0.1) is 0 Å². The molecule has 7 nitrogen and oxygen atoms in total. The van der Waals surface area contributed by atoms with Crippen molar-refractivity contribution in [3.8, 4) is 0 Å². The van der Waals surface area contributed by atoms with E-state index in [9.17, 15) is 13.2 Å². The van der Waals surface area contributed by atoms with Gasteiger partial charge in [-0.3, -0.25) is 4.79 Å². The minimum atomic E-state index is -3.45. The minimum absolute atomic E-state index is 0.115. The molecule has 1 aromatic heterocycles. The van der Waals surface area contributed by atoms with E-state index in [2.05, 4.69) is 9.88 Å². The number of nitrogens with zero attached hydrogens (tertiary/aromatic N) is 1.